The molecule has 5 rings (SSSR count). The van der Waals surface area contributed by atoms with E-state index >= 15 is 0 Å². The minimum Gasteiger partial charge on any atom is -0.389 e. The number of hydrogen-bond acceptors (Lipinski definition) is 3. The fourth-order valence-corrected chi connectivity index (χ4v) is 6.62. The van der Waals surface area contributed by atoms with Crippen molar-refractivity contribution in [2.24, 2.45) is 0 Å². The molecule has 5 nitrogen and oxygen atoms in total. The number of hydrogen-bond donors (Lipinski definition) is 1. The molecule has 0 aliphatic heterocycles. The van der Waals surface area contributed by atoms with E-state index in [0.717, 1.165) is 32.9 Å². The summed E-state index contributed by atoms with van der Waals surface area (Å²) in [6, 6.07) is 25.2. The summed E-state index contributed by atoms with van der Waals surface area (Å²) in [5.74, 6) is 0. The highest BCUT2D eigenvalue weighted by Crippen LogP contribution is 2.34. The summed E-state index contributed by atoms with van der Waals surface area (Å²) in [6.45, 7) is 3.82. The van der Waals surface area contributed by atoms with E-state index in [0.29, 0.717) is 15.7 Å². The number of aliphatic hydroxyl groups is 1. The first kappa shape index (κ1) is 25.6. The van der Waals surface area contributed by atoms with E-state index in [9.17, 15) is 13.5 Å². The van der Waals surface area contributed by atoms with E-state index in [4.69, 9.17) is 23.2 Å². The van der Waals surface area contributed by atoms with Gasteiger partial charge < -0.3 is 9.67 Å². The van der Waals surface area contributed by atoms with Crippen molar-refractivity contribution >= 4 is 60.7 Å². The second kappa shape index (κ2) is 10.0. The van der Waals surface area contributed by atoms with Crippen LogP contribution in [0.2, 0.25) is 10.0 Å². The Bertz CT molecular complexity index is 1650. The summed E-state index contributed by atoms with van der Waals surface area (Å²) in [4.78, 5) is 0.176. The lowest BCUT2D eigenvalue weighted by Crippen LogP contribution is -2.39. The number of para-hydroxylation sites is 1. The maximum absolute atomic E-state index is 13.8. The molecule has 4 aromatic carbocycles. The van der Waals surface area contributed by atoms with Crippen LogP contribution in [0.5, 0.6) is 0 Å². The van der Waals surface area contributed by atoms with Crippen LogP contribution in [0.3, 0.4) is 0 Å². The lowest BCUT2D eigenvalue weighted by molar-refractivity contribution is 0.166. The van der Waals surface area contributed by atoms with Crippen LogP contribution in [-0.4, -0.2) is 30.7 Å². The zero-order valence-electron chi connectivity index (χ0n) is 20.4. The summed E-state index contributed by atoms with van der Waals surface area (Å²) in [5, 5.41) is 14.4. The molecular formula is C29H26Cl2N2O3S. The fraction of sp³-hybridized carbons (Fsp3) is 0.172. The first-order valence-corrected chi connectivity index (χ1v) is 14.0. The number of benzene rings is 4. The molecule has 8 heteroatoms. The molecule has 0 saturated carbocycles. The molecule has 1 aromatic heterocycles. The van der Waals surface area contributed by atoms with Crippen molar-refractivity contribution in [1.29, 1.82) is 0 Å². The summed E-state index contributed by atoms with van der Waals surface area (Å²) < 4.78 is 30.9. The largest absolute Gasteiger partial charge is 0.389 e. The zero-order chi connectivity index (χ0) is 26.3. The second-order valence-electron chi connectivity index (χ2n) is 9.22. The minimum absolute atomic E-state index is 0.122. The molecule has 0 fully saturated rings. The van der Waals surface area contributed by atoms with Crippen molar-refractivity contribution in [3.63, 3.8) is 0 Å². The molecule has 5 aromatic rings. The predicted octanol–water partition coefficient (Wildman–Crippen LogP) is 6.97. The standard InChI is InChI=1S/C29H26Cl2N2O3S/c1-19-7-11-24(12-8-19)37(35,36)33(27-6-4-3-5-20(27)2)18-23(34)17-32-28-13-9-21(30)15-25(28)26-16-22(31)10-14-29(26)32/h3-16,23,34H,17-18H2,1-2H3/t23-/m0/s1. The third kappa shape index (κ3) is 4.94. The average Bonchev–Trinajstić information content (AvgIpc) is 3.15. The van der Waals surface area contributed by atoms with Gasteiger partial charge in [0, 0.05) is 31.9 Å². The van der Waals surface area contributed by atoms with Gasteiger partial charge in [0.1, 0.15) is 0 Å². The smallest absolute Gasteiger partial charge is 0.264 e. The van der Waals surface area contributed by atoms with Gasteiger partial charge in [-0.2, -0.15) is 0 Å². The molecule has 1 atom stereocenters. The number of nitrogens with zero attached hydrogens (tertiary/aromatic N) is 2. The Morgan fingerprint density at radius 3 is 1.97 bits per heavy atom. The molecule has 0 amide bonds. The summed E-state index contributed by atoms with van der Waals surface area (Å²) in [6.07, 6.45) is -1.01. The van der Waals surface area contributed by atoms with Gasteiger partial charge in [-0.05, 0) is 74.0 Å². The third-order valence-electron chi connectivity index (χ3n) is 6.55. The fourth-order valence-electron chi connectivity index (χ4n) is 4.71. The van der Waals surface area contributed by atoms with Crippen LogP contribution in [0.15, 0.2) is 89.8 Å². The molecular weight excluding hydrogens is 527 g/mol. The highest BCUT2D eigenvalue weighted by Gasteiger charge is 2.28. The van der Waals surface area contributed by atoms with E-state index < -0.39 is 16.1 Å². The molecule has 0 radical (unpaired) electrons. The maximum atomic E-state index is 13.8. The third-order valence-corrected chi connectivity index (χ3v) is 8.82. The number of fused-ring (bicyclic) bond motifs is 3. The Hall–Kier alpha value is -3.03. The number of aliphatic hydroxyl groups excluding tert-OH is 1. The number of aromatic nitrogens is 1. The monoisotopic (exact) mass is 552 g/mol. The number of rotatable bonds is 7. The Balaban J connectivity index is 1.56. The van der Waals surface area contributed by atoms with Crippen LogP contribution in [-0.2, 0) is 16.6 Å². The zero-order valence-corrected chi connectivity index (χ0v) is 22.7. The van der Waals surface area contributed by atoms with Crippen LogP contribution in [0.1, 0.15) is 11.1 Å². The van der Waals surface area contributed by atoms with Gasteiger partial charge in [0.15, 0.2) is 0 Å². The molecule has 0 aliphatic carbocycles. The molecule has 0 spiro atoms. The minimum atomic E-state index is -3.93. The van der Waals surface area contributed by atoms with E-state index in [-0.39, 0.29) is 18.0 Å². The van der Waals surface area contributed by atoms with E-state index in [2.05, 4.69) is 0 Å². The van der Waals surface area contributed by atoms with Gasteiger partial charge in [0.2, 0.25) is 0 Å². The van der Waals surface area contributed by atoms with Crippen molar-refractivity contribution in [2.45, 2.75) is 31.4 Å². The quantitative estimate of drug-likeness (QED) is 0.237. The SMILES string of the molecule is Cc1ccc(S(=O)(=O)N(C[C@@H](O)Cn2c3ccc(Cl)cc3c3cc(Cl)ccc32)c2ccccc2C)cc1. The van der Waals surface area contributed by atoms with Gasteiger partial charge in [-0.3, -0.25) is 4.31 Å². The van der Waals surface area contributed by atoms with Crippen LogP contribution >= 0.6 is 23.2 Å². The molecule has 190 valence electrons. The molecule has 0 saturated heterocycles. The first-order valence-electron chi connectivity index (χ1n) is 11.9. The predicted molar refractivity (Wildman–Crippen MR) is 152 cm³/mol. The van der Waals surface area contributed by atoms with Gasteiger partial charge in [0.05, 0.1) is 29.8 Å². The van der Waals surface area contributed by atoms with Gasteiger partial charge in [-0.1, -0.05) is 59.1 Å². The lowest BCUT2D eigenvalue weighted by atomic mass is 10.1. The molecule has 0 aliphatic rings. The molecule has 1 heterocycles. The second-order valence-corrected chi connectivity index (χ2v) is 12.0. The molecule has 0 bridgehead atoms. The Morgan fingerprint density at radius 2 is 1.41 bits per heavy atom. The van der Waals surface area contributed by atoms with Crippen molar-refractivity contribution in [3.8, 4) is 0 Å². The van der Waals surface area contributed by atoms with Crippen LogP contribution in [0.4, 0.5) is 5.69 Å². The summed E-state index contributed by atoms with van der Waals surface area (Å²) in [7, 11) is -3.93. The summed E-state index contributed by atoms with van der Waals surface area (Å²) >= 11 is 12.6. The Kier molecular flexibility index (Phi) is 6.94. The number of halogens is 2. The number of aryl methyl sites for hydroxylation is 2. The van der Waals surface area contributed by atoms with Crippen molar-refractivity contribution in [1.82, 2.24) is 4.57 Å². The topological polar surface area (TPSA) is 62.5 Å². The van der Waals surface area contributed by atoms with Crippen LogP contribution in [0, 0.1) is 13.8 Å². The van der Waals surface area contributed by atoms with Gasteiger partial charge >= 0.3 is 0 Å². The average molecular weight is 554 g/mol. The number of sulfonamides is 1. The van der Waals surface area contributed by atoms with E-state index in [1.807, 2.05) is 54.8 Å². The van der Waals surface area contributed by atoms with Gasteiger partial charge in [0.25, 0.3) is 10.0 Å². The Morgan fingerprint density at radius 1 is 0.838 bits per heavy atom. The highest BCUT2D eigenvalue weighted by atomic mass is 35.5. The van der Waals surface area contributed by atoms with Crippen LogP contribution < -0.4 is 4.31 Å². The molecule has 1 N–H and O–H groups in total. The Labute approximate surface area is 226 Å². The van der Waals surface area contributed by atoms with E-state index in [1.165, 1.54) is 4.31 Å². The van der Waals surface area contributed by atoms with Crippen molar-refractivity contribution in [3.05, 3.63) is 106 Å². The molecule has 37 heavy (non-hydrogen) atoms. The van der Waals surface area contributed by atoms with E-state index in [1.54, 1.807) is 48.5 Å². The summed E-state index contributed by atoms with van der Waals surface area (Å²) in [5.41, 5.74) is 4.05. The van der Waals surface area contributed by atoms with Crippen molar-refractivity contribution < 1.29 is 13.5 Å². The normalized spacial score (nSPS) is 12.8. The first-order chi connectivity index (χ1) is 17.6. The highest BCUT2D eigenvalue weighted by molar-refractivity contribution is 7.92. The number of anilines is 1. The van der Waals surface area contributed by atoms with Gasteiger partial charge in [-0.15, -0.1) is 0 Å². The molecule has 0 unspecified atom stereocenters. The lowest BCUT2D eigenvalue weighted by Gasteiger charge is -2.28. The maximum Gasteiger partial charge on any atom is 0.264 e. The van der Waals surface area contributed by atoms with Crippen molar-refractivity contribution in [2.75, 3.05) is 10.8 Å². The van der Waals surface area contributed by atoms with Crippen LogP contribution in [0.25, 0.3) is 21.8 Å². The van der Waals surface area contributed by atoms with Gasteiger partial charge in [-0.25, -0.2) is 8.42 Å².